The lowest BCUT2D eigenvalue weighted by atomic mass is 10.2. The van der Waals surface area contributed by atoms with Crippen molar-refractivity contribution in [3.63, 3.8) is 0 Å². The van der Waals surface area contributed by atoms with Crippen LogP contribution in [0.1, 0.15) is 18.9 Å². The van der Waals surface area contributed by atoms with Crippen molar-refractivity contribution in [2.75, 3.05) is 0 Å². The van der Waals surface area contributed by atoms with E-state index in [2.05, 4.69) is 5.32 Å². The molecule has 1 aromatic carbocycles. The van der Waals surface area contributed by atoms with E-state index in [1.807, 2.05) is 0 Å². The number of nitro benzene ring substituents is 1. The van der Waals surface area contributed by atoms with Crippen LogP contribution < -0.4 is 5.32 Å². The van der Waals surface area contributed by atoms with E-state index in [1.54, 1.807) is 13.0 Å². The smallest absolute Gasteiger partial charge is 0.326 e. The summed E-state index contributed by atoms with van der Waals surface area (Å²) in [4.78, 5) is 32.3. The second-order valence-electron chi connectivity index (χ2n) is 3.99. The Balaban J connectivity index is 2.72. The van der Waals surface area contributed by atoms with Crippen molar-refractivity contribution >= 4 is 23.6 Å². The number of carboxylic acids is 1. The van der Waals surface area contributed by atoms with Gasteiger partial charge in [0.2, 0.25) is 5.91 Å². The summed E-state index contributed by atoms with van der Waals surface area (Å²) in [5.74, 6) is -1.67. The molecule has 20 heavy (non-hydrogen) atoms. The van der Waals surface area contributed by atoms with E-state index in [9.17, 15) is 19.7 Å². The zero-order chi connectivity index (χ0) is 15.1. The van der Waals surface area contributed by atoms with Crippen molar-refractivity contribution in [2.24, 2.45) is 0 Å². The Labute approximate surface area is 115 Å². The van der Waals surface area contributed by atoms with Crippen LogP contribution in [0.3, 0.4) is 0 Å². The van der Waals surface area contributed by atoms with Crippen LogP contribution in [-0.2, 0) is 9.59 Å². The molecular formula is C13H14N2O5. The third-order valence-electron chi connectivity index (χ3n) is 2.53. The predicted octanol–water partition coefficient (Wildman–Crippen LogP) is 1.59. The molecule has 0 aromatic heterocycles. The van der Waals surface area contributed by atoms with Gasteiger partial charge < -0.3 is 10.4 Å². The van der Waals surface area contributed by atoms with Gasteiger partial charge in [0.05, 0.1) is 4.92 Å². The van der Waals surface area contributed by atoms with Crippen LogP contribution in [-0.4, -0.2) is 27.9 Å². The summed E-state index contributed by atoms with van der Waals surface area (Å²) in [6.45, 7) is 1.64. The van der Waals surface area contributed by atoms with Gasteiger partial charge in [0.25, 0.3) is 5.69 Å². The van der Waals surface area contributed by atoms with Crippen LogP contribution >= 0.6 is 0 Å². The first-order chi connectivity index (χ1) is 9.43. The minimum atomic E-state index is -1.11. The number of carbonyl (C=O) groups is 2. The van der Waals surface area contributed by atoms with Gasteiger partial charge in [-0.15, -0.1) is 0 Å². The topological polar surface area (TPSA) is 110 Å². The van der Waals surface area contributed by atoms with Crippen molar-refractivity contribution in [3.05, 3.63) is 46.0 Å². The summed E-state index contributed by atoms with van der Waals surface area (Å²) in [6, 6.07) is 4.82. The summed E-state index contributed by atoms with van der Waals surface area (Å²) >= 11 is 0. The molecule has 0 aliphatic heterocycles. The van der Waals surface area contributed by atoms with Crippen LogP contribution in [0, 0.1) is 10.1 Å². The number of nitrogens with one attached hydrogen (secondary N) is 1. The fourth-order valence-corrected chi connectivity index (χ4v) is 1.47. The maximum atomic E-state index is 11.5. The predicted molar refractivity (Wildman–Crippen MR) is 72.0 cm³/mol. The molecule has 0 fully saturated rings. The molecule has 0 bridgehead atoms. The highest BCUT2D eigenvalue weighted by Crippen LogP contribution is 2.13. The molecule has 7 nitrogen and oxygen atoms in total. The monoisotopic (exact) mass is 278 g/mol. The second kappa shape index (κ2) is 7.03. The van der Waals surface area contributed by atoms with Gasteiger partial charge in [-0.25, -0.2) is 4.79 Å². The molecule has 0 saturated heterocycles. The Kier molecular flexibility index (Phi) is 5.40. The van der Waals surface area contributed by atoms with Gasteiger partial charge >= 0.3 is 5.97 Å². The molecule has 1 atom stereocenters. The number of non-ortho nitro benzene ring substituents is 1. The van der Waals surface area contributed by atoms with Crippen LogP contribution in [0.25, 0.3) is 6.08 Å². The number of aliphatic carboxylic acids is 1. The van der Waals surface area contributed by atoms with Gasteiger partial charge in [-0.2, -0.15) is 0 Å². The largest absolute Gasteiger partial charge is 0.480 e. The molecule has 0 spiro atoms. The lowest BCUT2D eigenvalue weighted by Gasteiger charge is -2.09. The molecule has 7 heteroatoms. The van der Waals surface area contributed by atoms with Crippen molar-refractivity contribution < 1.29 is 19.6 Å². The van der Waals surface area contributed by atoms with Crippen LogP contribution in [0.15, 0.2) is 30.3 Å². The summed E-state index contributed by atoms with van der Waals surface area (Å²) in [6.07, 6.45) is 2.80. The van der Waals surface area contributed by atoms with E-state index in [-0.39, 0.29) is 12.1 Å². The standard InChI is InChI=1S/C13H14N2O5/c1-2-11(13(17)18)14-12(16)7-6-9-4-3-5-10(8-9)15(19)20/h3-8,11H,2H2,1H3,(H,14,16)(H,17,18)/t11-/m1/s1. The molecule has 0 saturated carbocycles. The van der Waals surface area contributed by atoms with E-state index < -0.39 is 22.8 Å². The number of carbonyl (C=O) groups excluding carboxylic acids is 1. The lowest BCUT2D eigenvalue weighted by molar-refractivity contribution is -0.384. The molecular weight excluding hydrogens is 264 g/mol. The maximum Gasteiger partial charge on any atom is 0.326 e. The van der Waals surface area contributed by atoms with Crippen molar-refractivity contribution in [1.29, 1.82) is 0 Å². The fourth-order valence-electron chi connectivity index (χ4n) is 1.47. The lowest BCUT2D eigenvalue weighted by Crippen LogP contribution is -2.39. The molecule has 0 aliphatic rings. The number of benzene rings is 1. The average Bonchev–Trinajstić information content (AvgIpc) is 2.42. The molecule has 1 rings (SSSR count). The average molecular weight is 278 g/mol. The molecule has 0 aliphatic carbocycles. The number of hydrogen-bond donors (Lipinski definition) is 2. The third-order valence-corrected chi connectivity index (χ3v) is 2.53. The molecule has 0 heterocycles. The highest BCUT2D eigenvalue weighted by Gasteiger charge is 2.15. The summed E-state index contributed by atoms with van der Waals surface area (Å²) in [7, 11) is 0. The Morgan fingerprint density at radius 3 is 2.75 bits per heavy atom. The van der Waals surface area contributed by atoms with Crippen molar-refractivity contribution in [2.45, 2.75) is 19.4 Å². The van der Waals surface area contributed by atoms with Gasteiger partial charge in [-0.1, -0.05) is 19.1 Å². The van der Waals surface area contributed by atoms with Crippen LogP contribution in [0.2, 0.25) is 0 Å². The first kappa shape index (κ1) is 15.4. The van der Waals surface area contributed by atoms with Crippen LogP contribution in [0.4, 0.5) is 5.69 Å². The number of amides is 1. The van der Waals surface area contributed by atoms with E-state index >= 15 is 0 Å². The van der Waals surface area contributed by atoms with Gasteiger partial charge in [0.1, 0.15) is 6.04 Å². The Bertz CT molecular complexity index is 553. The number of rotatable bonds is 6. The van der Waals surface area contributed by atoms with Gasteiger partial charge in [0, 0.05) is 18.2 Å². The molecule has 2 N–H and O–H groups in total. The summed E-state index contributed by atoms with van der Waals surface area (Å²) in [5, 5.41) is 21.7. The van der Waals surface area contributed by atoms with Crippen molar-refractivity contribution in [1.82, 2.24) is 5.32 Å². The van der Waals surface area contributed by atoms with Crippen molar-refractivity contribution in [3.8, 4) is 0 Å². The zero-order valence-electron chi connectivity index (χ0n) is 10.8. The van der Waals surface area contributed by atoms with Gasteiger partial charge in [0.15, 0.2) is 0 Å². The molecule has 106 valence electrons. The molecule has 1 amide bonds. The maximum absolute atomic E-state index is 11.5. The first-order valence-electron chi connectivity index (χ1n) is 5.90. The fraction of sp³-hybridized carbons (Fsp3) is 0.231. The third kappa shape index (κ3) is 4.52. The summed E-state index contributed by atoms with van der Waals surface area (Å²) in [5.41, 5.74) is 0.405. The van der Waals surface area contributed by atoms with Gasteiger partial charge in [-0.3, -0.25) is 14.9 Å². The Morgan fingerprint density at radius 1 is 1.50 bits per heavy atom. The quantitative estimate of drug-likeness (QED) is 0.466. The number of nitro groups is 1. The number of hydrogen-bond acceptors (Lipinski definition) is 4. The Morgan fingerprint density at radius 2 is 2.20 bits per heavy atom. The van der Waals surface area contributed by atoms with E-state index in [4.69, 9.17) is 5.11 Å². The normalized spacial score (nSPS) is 12.1. The number of nitrogens with zero attached hydrogens (tertiary/aromatic N) is 1. The second-order valence-corrected chi connectivity index (χ2v) is 3.99. The van der Waals surface area contributed by atoms with E-state index in [0.29, 0.717) is 5.56 Å². The van der Waals surface area contributed by atoms with E-state index in [0.717, 1.165) is 6.08 Å². The van der Waals surface area contributed by atoms with E-state index in [1.165, 1.54) is 24.3 Å². The SMILES string of the molecule is CC[C@@H](NC(=O)C=Cc1cccc([N+](=O)[O-])c1)C(=O)O. The minimum Gasteiger partial charge on any atom is -0.480 e. The van der Waals surface area contributed by atoms with Gasteiger partial charge in [-0.05, 0) is 18.1 Å². The highest BCUT2D eigenvalue weighted by molar-refractivity contribution is 5.94. The summed E-state index contributed by atoms with van der Waals surface area (Å²) < 4.78 is 0. The first-order valence-corrected chi connectivity index (χ1v) is 5.90. The molecule has 0 unspecified atom stereocenters. The Hall–Kier alpha value is -2.70. The minimum absolute atomic E-state index is 0.0791. The number of carboxylic acid groups (broad SMARTS) is 1. The van der Waals surface area contributed by atoms with Crippen LogP contribution in [0.5, 0.6) is 0 Å². The molecule has 1 aromatic rings. The molecule has 0 radical (unpaired) electrons. The highest BCUT2D eigenvalue weighted by atomic mass is 16.6. The zero-order valence-corrected chi connectivity index (χ0v) is 10.8.